The number of carbonyl (C=O) groups is 2. The highest BCUT2D eigenvalue weighted by atomic mass is 16.5. The molecule has 3 aliphatic heterocycles. The Morgan fingerprint density at radius 3 is 2.66 bits per heavy atom. The van der Waals surface area contributed by atoms with Gasteiger partial charge in [0.2, 0.25) is 5.91 Å². The fourth-order valence-electron chi connectivity index (χ4n) is 5.59. The lowest BCUT2D eigenvalue weighted by molar-refractivity contribution is -0.127. The number of guanidine groups is 1. The van der Waals surface area contributed by atoms with E-state index >= 15 is 0 Å². The van der Waals surface area contributed by atoms with E-state index in [0.717, 1.165) is 67.8 Å². The number of nitrogens with two attached hydrogens (primary N) is 1. The molecule has 0 spiro atoms. The van der Waals surface area contributed by atoms with E-state index < -0.39 is 0 Å². The molecule has 2 aromatic rings. The van der Waals surface area contributed by atoms with Crippen LogP contribution in [-0.4, -0.2) is 48.0 Å². The Morgan fingerprint density at radius 1 is 1.15 bits per heavy atom. The Morgan fingerprint density at radius 2 is 1.90 bits per heavy atom. The van der Waals surface area contributed by atoms with Crippen LogP contribution in [0.1, 0.15) is 106 Å². The summed E-state index contributed by atoms with van der Waals surface area (Å²) in [6.07, 6.45) is 7.95. The van der Waals surface area contributed by atoms with Gasteiger partial charge in [0.05, 0.1) is 18.7 Å². The number of carbonyl (C=O) groups excluding carboxylic acids is 2. The Labute approximate surface area is 244 Å². The van der Waals surface area contributed by atoms with Crippen molar-refractivity contribution >= 4 is 17.8 Å². The van der Waals surface area contributed by atoms with Gasteiger partial charge >= 0.3 is 0 Å². The third-order valence-corrected chi connectivity index (χ3v) is 7.70. The molecule has 2 amide bonds. The van der Waals surface area contributed by atoms with Crippen molar-refractivity contribution in [2.24, 2.45) is 10.7 Å². The maximum Gasteiger partial charge on any atom is 0.251 e. The topological polar surface area (TPSA) is 106 Å². The predicted octanol–water partition coefficient (Wildman–Crippen LogP) is 5.72. The van der Waals surface area contributed by atoms with Gasteiger partial charge in [-0.1, -0.05) is 38.8 Å². The van der Waals surface area contributed by atoms with Gasteiger partial charge in [-0.3, -0.25) is 14.5 Å². The fraction of sp³-hybridized carbons (Fsp3) is 0.545. The van der Waals surface area contributed by atoms with Crippen LogP contribution in [0.15, 0.2) is 41.4 Å². The maximum atomic E-state index is 13.3. The number of amides is 2. The first-order chi connectivity index (χ1) is 19.6. The van der Waals surface area contributed by atoms with E-state index in [4.69, 9.17) is 15.2 Å². The molecular formula is C33H46N4O4. The van der Waals surface area contributed by atoms with Gasteiger partial charge in [-0.2, -0.15) is 0 Å². The lowest BCUT2D eigenvalue weighted by atomic mass is 9.88. The van der Waals surface area contributed by atoms with E-state index in [2.05, 4.69) is 50.1 Å². The minimum Gasteiger partial charge on any atom is -0.493 e. The molecule has 0 radical (unpaired) electrons. The number of benzene rings is 2. The first kappa shape index (κ1) is 30.4. The SMILES string of the molecule is CCC.CN1C(=O)CC(CCCCc2ccc3c(c2)C(NC(=O)c2ccc4c(c2)CCCO4)CC(C)(C)O3)N=C1N. The average molecular weight is 563 g/mol. The maximum absolute atomic E-state index is 13.3. The van der Waals surface area contributed by atoms with Crippen LogP contribution in [0.3, 0.4) is 0 Å². The van der Waals surface area contributed by atoms with Crippen molar-refractivity contribution in [1.82, 2.24) is 10.2 Å². The molecule has 2 aromatic carbocycles. The number of nitrogens with one attached hydrogen (secondary N) is 1. The lowest BCUT2D eigenvalue weighted by Gasteiger charge is -2.38. The second kappa shape index (κ2) is 13.4. The van der Waals surface area contributed by atoms with Crippen LogP contribution in [0, 0.1) is 0 Å². The monoisotopic (exact) mass is 562 g/mol. The van der Waals surface area contributed by atoms with E-state index in [0.29, 0.717) is 24.4 Å². The number of ether oxygens (including phenoxy) is 2. The summed E-state index contributed by atoms with van der Waals surface area (Å²) in [6, 6.07) is 11.8. The zero-order valence-corrected chi connectivity index (χ0v) is 25.3. The normalized spacial score (nSPS) is 20.8. The third kappa shape index (κ3) is 7.80. The van der Waals surface area contributed by atoms with Gasteiger partial charge in [-0.25, -0.2) is 4.99 Å². The number of aryl methyl sites for hydroxylation is 2. The quantitative estimate of drug-likeness (QED) is 0.420. The van der Waals surface area contributed by atoms with E-state index in [1.54, 1.807) is 7.05 Å². The summed E-state index contributed by atoms with van der Waals surface area (Å²) in [4.78, 5) is 31.2. The molecule has 0 fully saturated rings. The highest BCUT2D eigenvalue weighted by Gasteiger charge is 2.35. The van der Waals surface area contributed by atoms with Crippen LogP contribution in [0.25, 0.3) is 0 Å². The summed E-state index contributed by atoms with van der Waals surface area (Å²) >= 11 is 0. The molecule has 2 atom stereocenters. The summed E-state index contributed by atoms with van der Waals surface area (Å²) in [6.45, 7) is 9.10. The van der Waals surface area contributed by atoms with Crippen LogP contribution in [0.5, 0.6) is 11.5 Å². The molecule has 8 heteroatoms. The van der Waals surface area contributed by atoms with Gasteiger partial charge in [-0.05, 0) is 81.3 Å². The molecule has 222 valence electrons. The summed E-state index contributed by atoms with van der Waals surface area (Å²) in [7, 11) is 1.66. The third-order valence-electron chi connectivity index (χ3n) is 7.70. The van der Waals surface area contributed by atoms with E-state index in [1.807, 2.05) is 24.3 Å². The van der Waals surface area contributed by atoms with Gasteiger partial charge < -0.3 is 20.5 Å². The number of rotatable bonds is 7. The minimum atomic E-state index is -0.385. The van der Waals surface area contributed by atoms with E-state index in [9.17, 15) is 9.59 Å². The minimum absolute atomic E-state index is 0.0249. The Kier molecular flexibility index (Phi) is 9.94. The number of unbranched alkanes of at least 4 members (excludes halogenated alkanes) is 1. The molecule has 0 saturated heterocycles. The molecule has 8 nitrogen and oxygen atoms in total. The first-order valence-corrected chi connectivity index (χ1v) is 15.1. The Balaban J connectivity index is 0.00000124. The molecule has 0 saturated carbocycles. The van der Waals surface area contributed by atoms with Crippen molar-refractivity contribution in [3.63, 3.8) is 0 Å². The largest absolute Gasteiger partial charge is 0.493 e. The second-order valence-corrected chi connectivity index (χ2v) is 12.0. The van der Waals surface area contributed by atoms with Crippen LogP contribution < -0.4 is 20.5 Å². The molecule has 2 unspecified atom stereocenters. The molecule has 5 rings (SSSR count). The van der Waals surface area contributed by atoms with Crippen molar-refractivity contribution in [1.29, 1.82) is 0 Å². The summed E-state index contributed by atoms with van der Waals surface area (Å²) < 4.78 is 12.0. The Hall–Kier alpha value is -3.55. The van der Waals surface area contributed by atoms with Crippen molar-refractivity contribution in [3.8, 4) is 11.5 Å². The Bertz CT molecular complexity index is 1270. The molecule has 0 bridgehead atoms. The highest BCUT2D eigenvalue weighted by molar-refractivity contribution is 5.98. The van der Waals surface area contributed by atoms with Crippen LogP contribution in [-0.2, 0) is 17.6 Å². The molecule has 0 aromatic heterocycles. The highest BCUT2D eigenvalue weighted by Crippen LogP contribution is 2.40. The number of hydrogen-bond donors (Lipinski definition) is 2. The van der Waals surface area contributed by atoms with Crippen molar-refractivity contribution in [2.75, 3.05) is 13.7 Å². The average Bonchev–Trinajstić information content (AvgIpc) is 2.94. The smallest absolute Gasteiger partial charge is 0.251 e. The van der Waals surface area contributed by atoms with Gasteiger partial charge in [0, 0.05) is 31.0 Å². The van der Waals surface area contributed by atoms with Crippen LogP contribution in [0.2, 0.25) is 0 Å². The fourth-order valence-corrected chi connectivity index (χ4v) is 5.59. The molecule has 41 heavy (non-hydrogen) atoms. The summed E-state index contributed by atoms with van der Waals surface area (Å²) in [5.41, 5.74) is 9.46. The molecule has 3 aliphatic rings. The van der Waals surface area contributed by atoms with Gasteiger partial charge in [0.1, 0.15) is 17.1 Å². The standard InChI is InChI=1S/C30H38N4O4.C3H8/c1-30(2)18-24(33-28(36)21-11-13-25-20(16-21)8-6-14-37-25)23-15-19(10-12-26(23)38-30)7-4-5-9-22-17-27(35)34(3)29(31)32-22;1-3-2/h10-13,15-16,22,24H,4-9,14,17-18H2,1-3H3,(H2,31,32)(H,33,36);3H2,1-2H3. The number of hydrogen-bond acceptors (Lipinski definition) is 6. The van der Waals surface area contributed by atoms with Crippen molar-refractivity contribution < 1.29 is 19.1 Å². The van der Waals surface area contributed by atoms with Gasteiger partial charge in [0.15, 0.2) is 5.96 Å². The number of nitrogens with zero attached hydrogens (tertiary/aromatic N) is 2. The van der Waals surface area contributed by atoms with Gasteiger partial charge in [-0.15, -0.1) is 0 Å². The van der Waals surface area contributed by atoms with Crippen LogP contribution in [0.4, 0.5) is 0 Å². The van der Waals surface area contributed by atoms with Gasteiger partial charge in [0.25, 0.3) is 5.91 Å². The van der Waals surface area contributed by atoms with E-state index in [1.165, 1.54) is 16.9 Å². The zero-order chi connectivity index (χ0) is 29.6. The predicted molar refractivity (Wildman–Crippen MR) is 163 cm³/mol. The first-order valence-electron chi connectivity index (χ1n) is 15.1. The van der Waals surface area contributed by atoms with Crippen LogP contribution >= 0.6 is 0 Å². The summed E-state index contributed by atoms with van der Waals surface area (Å²) in [5.74, 6) is 1.96. The zero-order valence-electron chi connectivity index (χ0n) is 25.3. The molecule has 0 aliphatic carbocycles. The number of fused-ring (bicyclic) bond motifs is 2. The summed E-state index contributed by atoms with van der Waals surface area (Å²) in [5, 5.41) is 3.28. The van der Waals surface area contributed by atoms with Crippen molar-refractivity contribution in [2.45, 2.75) is 103 Å². The second-order valence-electron chi connectivity index (χ2n) is 12.0. The van der Waals surface area contributed by atoms with Crippen molar-refractivity contribution in [3.05, 3.63) is 58.7 Å². The molecule has 3 heterocycles. The lowest BCUT2D eigenvalue weighted by Crippen LogP contribution is -2.44. The molecule has 3 N–H and O–H groups in total. The van der Waals surface area contributed by atoms with E-state index in [-0.39, 0.29) is 29.5 Å². The number of aliphatic imine (C=N–C) groups is 1. The molecular weight excluding hydrogens is 516 g/mol.